The molecule has 0 fully saturated rings. The highest BCUT2D eigenvalue weighted by Crippen LogP contribution is 2.23. The maximum atomic E-state index is 13.8. The molecule has 3 nitrogen and oxygen atoms in total. The highest BCUT2D eigenvalue weighted by molar-refractivity contribution is 9.10. The van der Waals surface area contributed by atoms with Gasteiger partial charge in [-0.1, -0.05) is 22.0 Å². The third-order valence-electron chi connectivity index (χ3n) is 2.97. The third kappa shape index (κ3) is 3.82. The Morgan fingerprint density at radius 3 is 2.62 bits per heavy atom. The van der Waals surface area contributed by atoms with Crippen LogP contribution in [0.5, 0.6) is 5.75 Å². The Bertz CT molecular complexity index is 671. The third-order valence-corrected chi connectivity index (χ3v) is 3.46. The summed E-state index contributed by atoms with van der Waals surface area (Å²) in [5.41, 5.74) is 1.54. The van der Waals surface area contributed by atoms with Crippen molar-refractivity contribution in [3.8, 4) is 5.75 Å². The number of esters is 1. The second kappa shape index (κ2) is 6.72. The van der Waals surface area contributed by atoms with Crippen molar-refractivity contribution in [2.45, 2.75) is 13.5 Å². The van der Waals surface area contributed by atoms with Crippen LogP contribution in [-0.2, 0) is 11.3 Å². The van der Waals surface area contributed by atoms with Gasteiger partial charge in [-0.05, 0) is 48.4 Å². The number of aryl methyl sites for hydroxylation is 1. The van der Waals surface area contributed by atoms with E-state index < -0.39 is 11.8 Å². The van der Waals surface area contributed by atoms with Gasteiger partial charge < -0.3 is 9.47 Å². The number of ether oxygens (including phenoxy) is 2. The molecule has 0 atom stereocenters. The van der Waals surface area contributed by atoms with Crippen molar-refractivity contribution in [1.82, 2.24) is 0 Å². The number of methoxy groups -OCH3 is 1. The molecule has 2 aromatic rings. The molecule has 0 radical (unpaired) electrons. The van der Waals surface area contributed by atoms with Crippen LogP contribution in [0.15, 0.2) is 40.9 Å². The van der Waals surface area contributed by atoms with Crippen molar-refractivity contribution in [2.75, 3.05) is 7.11 Å². The highest BCUT2D eigenvalue weighted by atomic mass is 79.9. The predicted molar refractivity (Wildman–Crippen MR) is 81.0 cm³/mol. The SMILES string of the molecule is COC(=O)c1ccc(COc2ccc(Br)cc2C)cc1F. The Labute approximate surface area is 130 Å². The summed E-state index contributed by atoms with van der Waals surface area (Å²) in [5.74, 6) is -0.574. The van der Waals surface area contributed by atoms with Gasteiger partial charge in [0, 0.05) is 4.47 Å². The van der Waals surface area contributed by atoms with E-state index in [9.17, 15) is 9.18 Å². The summed E-state index contributed by atoms with van der Waals surface area (Å²) < 4.78 is 24.9. The Kier molecular flexibility index (Phi) is 4.96. The van der Waals surface area contributed by atoms with Crippen LogP contribution in [0.4, 0.5) is 4.39 Å². The van der Waals surface area contributed by atoms with Crippen molar-refractivity contribution >= 4 is 21.9 Å². The number of rotatable bonds is 4. The van der Waals surface area contributed by atoms with Crippen LogP contribution in [0.2, 0.25) is 0 Å². The Balaban J connectivity index is 2.10. The second-order valence-electron chi connectivity index (χ2n) is 4.50. The molecule has 0 N–H and O–H groups in total. The van der Waals surface area contributed by atoms with E-state index in [2.05, 4.69) is 20.7 Å². The fourth-order valence-electron chi connectivity index (χ4n) is 1.86. The fraction of sp³-hybridized carbons (Fsp3) is 0.188. The lowest BCUT2D eigenvalue weighted by atomic mass is 10.1. The van der Waals surface area contributed by atoms with E-state index in [1.54, 1.807) is 6.07 Å². The molecule has 0 heterocycles. The van der Waals surface area contributed by atoms with Gasteiger partial charge in [0.1, 0.15) is 18.2 Å². The zero-order valence-electron chi connectivity index (χ0n) is 11.7. The molecule has 0 aromatic heterocycles. The first kappa shape index (κ1) is 15.5. The predicted octanol–water partition coefficient (Wildman–Crippen LogP) is 4.26. The van der Waals surface area contributed by atoms with Crippen LogP contribution < -0.4 is 4.74 Å². The largest absolute Gasteiger partial charge is 0.489 e. The monoisotopic (exact) mass is 352 g/mol. The molecule has 5 heteroatoms. The van der Waals surface area contributed by atoms with E-state index in [1.165, 1.54) is 19.2 Å². The highest BCUT2D eigenvalue weighted by Gasteiger charge is 2.12. The molecule has 0 unspecified atom stereocenters. The molecule has 0 spiro atoms. The lowest BCUT2D eigenvalue weighted by Crippen LogP contribution is -2.05. The van der Waals surface area contributed by atoms with Crippen molar-refractivity contribution < 1.29 is 18.7 Å². The zero-order chi connectivity index (χ0) is 15.4. The molecule has 0 saturated heterocycles. The topological polar surface area (TPSA) is 35.5 Å². The fourth-order valence-corrected chi connectivity index (χ4v) is 2.34. The second-order valence-corrected chi connectivity index (χ2v) is 5.42. The summed E-state index contributed by atoms with van der Waals surface area (Å²) in [6.07, 6.45) is 0. The summed E-state index contributed by atoms with van der Waals surface area (Å²) in [4.78, 5) is 11.3. The molecule has 0 bridgehead atoms. The van der Waals surface area contributed by atoms with Crippen molar-refractivity contribution in [1.29, 1.82) is 0 Å². The summed E-state index contributed by atoms with van der Waals surface area (Å²) in [5, 5.41) is 0. The van der Waals surface area contributed by atoms with Crippen molar-refractivity contribution in [3.05, 3.63) is 63.4 Å². The lowest BCUT2D eigenvalue weighted by Gasteiger charge is -2.10. The minimum Gasteiger partial charge on any atom is -0.489 e. The lowest BCUT2D eigenvalue weighted by molar-refractivity contribution is 0.0595. The van der Waals surface area contributed by atoms with Gasteiger partial charge in [-0.3, -0.25) is 0 Å². The average Bonchev–Trinajstić information content (AvgIpc) is 2.45. The van der Waals surface area contributed by atoms with Crippen LogP contribution >= 0.6 is 15.9 Å². The van der Waals surface area contributed by atoms with Crippen molar-refractivity contribution in [2.24, 2.45) is 0 Å². The van der Waals surface area contributed by atoms with Gasteiger partial charge in [-0.2, -0.15) is 0 Å². The van der Waals surface area contributed by atoms with E-state index in [4.69, 9.17) is 4.74 Å². The van der Waals surface area contributed by atoms with Crippen LogP contribution in [0.25, 0.3) is 0 Å². The van der Waals surface area contributed by atoms with Gasteiger partial charge in [0.2, 0.25) is 0 Å². The van der Waals surface area contributed by atoms with E-state index in [0.717, 1.165) is 15.8 Å². The smallest absolute Gasteiger partial charge is 0.340 e. The Hall–Kier alpha value is -1.88. The molecule has 2 rings (SSSR count). The minimum atomic E-state index is -0.691. The van der Waals surface area contributed by atoms with E-state index in [1.807, 2.05) is 25.1 Å². The molecule has 2 aromatic carbocycles. The van der Waals surface area contributed by atoms with Gasteiger partial charge in [0.05, 0.1) is 12.7 Å². The standard InChI is InChI=1S/C16H14BrFO3/c1-10-7-12(17)4-6-15(10)21-9-11-3-5-13(14(18)8-11)16(19)20-2/h3-8H,9H2,1-2H3. The number of carbonyl (C=O) groups is 1. The average molecular weight is 353 g/mol. The van der Waals surface area contributed by atoms with Crippen LogP contribution in [-0.4, -0.2) is 13.1 Å². The van der Waals surface area contributed by atoms with Gasteiger partial charge in [-0.25, -0.2) is 9.18 Å². The first-order valence-corrected chi connectivity index (χ1v) is 7.06. The van der Waals surface area contributed by atoms with Gasteiger partial charge in [0.25, 0.3) is 0 Å². The van der Waals surface area contributed by atoms with E-state index in [0.29, 0.717) is 5.56 Å². The molecule has 0 aliphatic rings. The summed E-state index contributed by atoms with van der Waals surface area (Å²) in [7, 11) is 1.22. The number of halogens is 2. The molecule has 0 aliphatic carbocycles. The molecule has 0 amide bonds. The van der Waals surface area contributed by atoms with Gasteiger partial charge in [-0.15, -0.1) is 0 Å². The molecule has 0 aliphatic heterocycles. The molecule has 0 saturated carbocycles. The summed E-state index contributed by atoms with van der Waals surface area (Å²) in [6, 6.07) is 9.98. The molecule has 21 heavy (non-hydrogen) atoms. The molecule has 110 valence electrons. The zero-order valence-corrected chi connectivity index (χ0v) is 13.2. The van der Waals surface area contributed by atoms with E-state index in [-0.39, 0.29) is 12.2 Å². The van der Waals surface area contributed by atoms with Gasteiger partial charge in [0.15, 0.2) is 0 Å². The molecular formula is C16H14BrFO3. The maximum Gasteiger partial charge on any atom is 0.340 e. The Morgan fingerprint density at radius 1 is 1.24 bits per heavy atom. The number of hydrogen-bond acceptors (Lipinski definition) is 3. The van der Waals surface area contributed by atoms with Crippen LogP contribution in [0.3, 0.4) is 0 Å². The maximum absolute atomic E-state index is 13.8. The number of hydrogen-bond donors (Lipinski definition) is 0. The summed E-state index contributed by atoms with van der Waals surface area (Å²) >= 11 is 3.38. The van der Waals surface area contributed by atoms with Crippen LogP contribution in [0.1, 0.15) is 21.5 Å². The van der Waals surface area contributed by atoms with Crippen molar-refractivity contribution in [3.63, 3.8) is 0 Å². The number of benzene rings is 2. The number of carbonyl (C=O) groups excluding carboxylic acids is 1. The quantitative estimate of drug-likeness (QED) is 0.771. The van der Waals surface area contributed by atoms with Gasteiger partial charge >= 0.3 is 5.97 Å². The first-order valence-electron chi connectivity index (χ1n) is 6.27. The van der Waals surface area contributed by atoms with Crippen LogP contribution in [0, 0.1) is 12.7 Å². The minimum absolute atomic E-state index is 0.0823. The molecular weight excluding hydrogens is 339 g/mol. The summed E-state index contributed by atoms with van der Waals surface area (Å²) in [6.45, 7) is 2.15. The normalized spacial score (nSPS) is 10.3. The Morgan fingerprint density at radius 2 is 2.00 bits per heavy atom. The van der Waals surface area contributed by atoms with E-state index >= 15 is 0 Å². The first-order chi connectivity index (χ1) is 10.0.